The summed E-state index contributed by atoms with van der Waals surface area (Å²) in [7, 11) is -3.79. The molecule has 5 rings (SSSR count). The molecule has 5 heteroatoms. The van der Waals surface area contributed by atoms with Crippen LogP contribution in [0.2, 0.25) is 0 Å². The summed E-state index contributed by atoms with van der Waals surface area (Å²) in [5.41, 5.74) is 0.958. The number of nitrogens with one attached hydrogen (secondary N) is 1. The maximum Gasteiger partial charge on any atom is 0.264 e. The van der Waals surface area contributed by atoms with Gasteiger partial charge in [-0.05, 0) is 116 Å². The summed E-state index contributed by atoms with van der Waals surface area (Å²) in [5.74, 6) is 4.31. The molecule has 4 aliphatic rings. The van der Waals surface area contributed by atoms with Gasteiger partial charge < -0.3 is 0 Å². The number of amides is 1. The Morgan fingerprint density at radius 3 is 2.46 bits per heavy atom. The van der Waals surface area contributed by atoms with Crippen molar-refractivity contribution in [2.45, 2.75) is 103 Å². The molecule has 6 unspecified atom stereocenters. The van der Waals surface area contributed by atoms with E-state index in [4.69, 9.17) is 0 Å². The fourth-order valence-corrected chi connectivity index (χ4v) is 10.7. The van der Waals surface area contributed by atoms with E-state index in [1.807, 2.05) is 0 Å². The Morgan fingerprint density at radius 1 is 0.943 bits per heavy atom. The molecular weight excluding hydrogens is 454 g/mol. The number of sulfonamides is 1. The molecule has 0 aromatic heterocycles. The second-order valence-electron chi connectivity index (χ2n) is 13.0. The fourth-order valence-electron chi connectivity index (χ4n) is 9.69. The average molecular weight is 500 g/mol. The van der Waals surface area contributed by atoms with Crippen molar-refractivity contribution in [2.24, 2.45) is 46.3 Å². The van der Waals surface area contributed by atoms with Crippen LogP contribution in [0.5, 0.6) is 0 Å². The van der Waals surface area contributed by atoms with E-state index >= 15 is 0 Å². The minimum Gasteiger partial charge on any atom is -0.274 e. The van der Waals surface area contributed by atoms with Crippen LogP contribution in [-0.2, 0) is 14.8 Å². The van der Waals surface area contributed by atoms with Gasteiger partial charge in [0.25, 0.3) is 10.0 Å². The van der Waals surface area contributed by atoms with Gasteiger partial charge in [0.1, 0.15) is 0 Å². The summed E-state index contributed by atoms with van der Waals surface area (Å²) in [6.45, 7) is 7.52. The van der Waals surface area contributed by atoms with Gasteiger partial charge in [0.2, 0.25) is 5.91 Å². The van der Waals surface area contributed by atoms with Gasteiger partial charge >= 0.3 is 0 Å². The molecule has 1 aromatic rings. The number of benzene rings is 1. The SMILES string of the molecule is CC(CCC(=O)NS(=O)(=O)c1ccccc1)[C@H]1CCC2C3CC[C@@H]4CCCCC4(C)C3CCC21C. The highest BCUT2D eigenvalue weighted by atomic mass is 32.2. The largest absolute Gasteiger partial charge is 0.274 e. The lowest BCUT2D eigenvalue weighted by molar-refractivity contribution is -0.121. The summed E-state index contributed by atoms with van der Waals surface area (Å²) in [6, 6.07) is 8.17. The van der Waals surface area contributed by atoms with Crippen molar-refractivity contribution in [2.75, 3.05) is 0 Å². The Balaban J connectivity index is 1.21. The van der Waals surface area contributed by atoms with Crippen LogP contribution in [0.4, 0.5) is 0 Å². The van der Waals surface area contributed by atoms with Crippen molar-refractivity contribution in [1.29, 1.82) is 0 Å². The van der Waals surface area contributed by atoms with Crippen LogP contribution in [0, 0.1) is 46.3 Å². The molecule has 4 saturated carbocycles. The predicted octanol–water partition coefficient (Wildman–Crippen LogP) is 6.96. The van der Waals surface area contributed by atoms with Gasteiger partial charge in [-0.3, -0.25) is 4.79 Å². The number of carbonyl (C=O) groups excluding carboxylic acids is 1. The van der Waals surface area contributed by atoms with E-state index in [0.717, 1.165) is 30.1 Å². The number of rotatable bonds is 6. The topological polar surface area (TPSA) is 63.2 Å². The summed E-state index contributed by atoms with van der Waals surface area (Å²) in [5, 5.41) is 0. The number of fused-ring (bicyclic) bond motifs is 5. The first-order valence-electron chi connectivity index (χ1n) is 14.3. The number of hydrogen-bond donors (Lipinski definition) is 1. The zero-order chi connectivity index (χ0) is 24.8. The van der Waals surface area contributed by atoms with Crippen molar-refractivity contribution in [1.82, 2.24) is 4.72 Å². The molecule has 0 heterocycles. The molecule has 0 saturated heterocycles. The molecule has 4 nitrogen and oxygen atoms in total. The maximum absolute atomic E-state index is 12.6. The molecule has 0 radical (unpaired) electrons. The molecule has 1 amide bonds. The van der Waals surface area contributed by atoms with E-state index in [9.17, 15) is 13.2 Å². The minimum absolute atomic E-state index is 0.144. The molecule has 0 spiro atoms. The zero-order valence-corrected chi connectivity index (χ0v) is 22.8. The second-order valence-corrected chi connectivity index (χ2v) is 14.7. The molecule has 1 N–H and O–H groups in total. The minimum atomic E-state index is -3.79. The van der Waals surface area contributed by atoms with E-state index in [-0.39, 0.29) is 17.2 Å². The predicted molar refractivity (Wildman–Crippen MR) is 140 cm³/mol. The summed E-state index contributed by atoms with van der Waals surface area (Å²) < 4.78 is 27.3. The van der Waals surface area contributed by atoms with Crippen LogP contribution >= 0.6 is 0 Å². The zero-order valence-electron chi connectivity index (χ0n) is 22.0. The van der Waals surface area contributed by atoms with Crippen LogP contribution in [0.1, 0.15) is 97.8 Å². The van der Waals surface area contributed by atoms with Crippen molar-refractivity contribution in [3.8, 4) is 0 Å². The molecule has 8 atom stereocenters. The third-order valence-electron chi connectivity index (χ3n) is 11.5. The third kappa shape index (κ3) is 4.49. The summed E-state index contributed by atoms with van der Waals surface area (Å²) >= 11 is 0. The van der Waals surface area contributed by atoms with E-state index in [1.54, 1.807) is 18.2 Å². The van der Waals surface area contributed by atoms with Crippen molar-refractivity contribution >= 4 is 15.9 Å². The van der Waals surface area contributed by atoms with E-state index in [1.165, 1.54) is 76.3 Å². The highest BCUT2D eigenvalue weighted by Crippen LogP contribution is 2.68. The van der Waals surface area contributed by atoms with Crippen molar-refractivity contribution < 1.29 is 13.2 Å². The lowest BCUT2D eigenvalue weighted by Gasteiger charge is -2.61. The normalized spacial score (nSPS) is 39.7. The van der Waals surface area contributed by atoms with Gasteiger partial charge in [0, 0.05) is 6.42 Å². The smallest absolute Gasteiger partial charge is 0.264 e. The van der Waals surface area contributed by atoms with Crippen LogP contribution in [0.25, 0.3) is 0 Å². The maximum atomic E-state index is 12.6. The van der Waals surface area contributed by atoms with Gasteiger partial charge in [0.15, 0.2) is 0 Å². The molecular formula is C30H45NO3S. The fraction of sp³-hybridized carbons (Fsp3) is 0.767. The average Bonchev–Trinajstić information content (AvgIpc) is 3.20. The second kappa shape index (κ2) is 9.50. The third-order valence-corrected chi connectivity index (χ3v) is 12.9. The van der Waals surface area contributed by atoms with Gasteiger partial charge in [0.05, 0.1) is 4.90 Å². The van der Waals surface area contributed by atoms with Crippen LogP contribution in [0.3, 0.4) is 0 Å². The van der Waals surface area contributed by atoms with Crippen molar-refractivity contribution in [3.63, 3.8) is 0 Å². The standard InChI is InChI=1S/C30H45NO3S/c1-21(12-17-28(32)31-35(33,34)23-10-5-4-6-11-23)25-15-16-26-24-14-13-22-9-7-8-19-29(22,2)27(24)18-20-30(25,26)3/h4-6,10-11,21-22,24-27H,7-9,12-20H2,1-3H3,(H,31,32)/t21?,22-,24?,25+,26?,27?,29?,30?/m0/s1. The monoisotopic (exact) mass is 499 g/mol. The van der Waals surface area contributed by atoms with E-state index in [2.05, 4.69) is 25.5 Å². The highest BCUT2D eigenvalue weighted by Gasteiger charge is 2.60. The Hall–Kier alpha value is -1.36. The van der Waals surface area contributed by atoms with Crippen LogP contribution in [-0.4, -0.2) is 14.3 Å². The Bertz CT molecular complexity index is 1020. The molecule has 194 valence electrons. The number of carbonyl (C=O) groups is 1. The summed E-state index contributed by atoms with van der Waals surface area (Å²) in [4.78, 5) is 12.7. The first-order chi connectivity index (χ1) is 16.6. The Kier molecular flexibility index (Phi) is 6.87. The lowest BCUT2D eigenvalue weighted by Crippen LogP contribution is -2.53. The quantitative estimate of drug-likeness (QED) is 0.460. The van der Waals surface area contributed by atoms with Gasteiger partial charge in [-0.2, -0.15) is 0 Å². The van der Waals surface area contributed by atoms with Gasteiger partial charge in [-0.15, -0.1) is 0 Å². The molecule has 0 aliphatic heterocycles. The van der Waals surface area contributed by atoms with Crippen molar-refractivity contribution in [3.05, 3.63) is 30.3 Å². The first-order valence-corrected chi connectivity index (χ1v) is 15.7. The van der Waals surface area contributed by atoms with E-state index in [0.29, 0.717) is 22.7 Å². The Morgan fingerprint density at radius 2 is 1.69 bits per heavy atom. The van der Waals surface area contributed by atoms with Crippen LogP contribution in [0.15, 0.2) is 35.2 Å². The first kappa shape index (κ1) is 25.3. The molecule has 4 aliphatic carbocycles. The van der Waals surface area contributed by atoms with E-state index < -0.39 is 10.0 Å². The number of hydrogen-bond acceptors (Lipinski definition) is 3. The highest BCUT2D eigenvalue weighted by molar-refractivity contribution is 7.90. The van der Waals surface area contributed by atoms with Gasteiger partial charge in [-0.25, -0.2) is 13.1 Å². The van der Waals surface area contributed by atoms with Gasteiger partial charge in [-0.1, -0.05) is 51.8 Å². The molecule has 35 heavy (non-hydrogen) atoms. The molecule has 4 fully saturated rings. The Labute approximate surface area is 213 Å². The summed E-state index contributed by atoms with van der Waals surface area (Å²) in [6.07, 6.45) is 15.1. The molecule has 0 bridgehead atoms. The molecule has 1 aromatic carbocycles. The van der Waals surface area contributed by atoms with Crippen LogP contribution < -0.4 is 4.72 Å². The lowest BCUT2D eigenvalue weighted by atomic mass is 9.44.